The van der Waals surface area contributed by atoms with Gasteiger partial charge in [-0.1, -0.05) is 38.3 Å². The van der Waals surface area contributed by atoms with E-state index >= 15 is 0 Å². The minimum Gasteiger partial charge on any atom is -0.467 e. The fourth-order valence-electron chi connectivity index (χ4n) is 3.10. The summed E-state index contributed by atoms with van der Waals surface area (Å²) in [4.78, 5) is 12.3. The van der Waals surface area contributed by atoms with E-state index in [0.717, 1.165) is 19.3 Å². The van der Waals surface area contributed by atoms with Gasteiger partial charge >= 0.3 is 5.97 Å². The first kappa shape index (κ1) is 14.8. The van der Waals surface area contributed by atoms with Crippen molar-refractivity contribution >= 4 is 11.7 Å². The second-order valence-electron chi connectivity index (χ2n) is 5.55. The fourth-order valence-corrected chi connectivity index (χ4v) is 3.10. The van der Waals surface area contributed by atoms with Crippen LogP contribution in [0.1, 0.15) is 39.0 Å². The van der Waals surface area contributed by atoms with Crippen molar-refractivity contribution in [1.82, 2.24) is 0 Å². The predicted molar refractivity (Wildman–Crippen MR) is 77.0 cm³/mol. The van der Waals surface area contributed by atoms with Crippen LogP contribution in [0.15, 0.2) is 24.3 Å². The molecule has 1 aromatic rings. The van der Waals surface area contributed by atoms with E-state index in [4.69, 9.17) is 4.74 Å². The Morgan fingerprint density at radius 3 is 2.90 bits per heavy atom. The average molecular weight is 279 g/mol. The fraction of sp³-hybridized carbons (Fsp3) is 0.562. The summed E-state index contributed by atoms with van der Waals surface area (Å²) in [5, 5.41) is 3.13. The van der Waals surface area contributed by atoms with Gasteiger partial charge in [0.2, 0.25) is 0 Å². The average Bonchev–Trinajstić information content (AvgIpc) is 2.49. The third-order valence-corrected chi connectivity index (χ3v) is 4.25. The van der Waals surface area contributed by atoms with Crippen LogP contribution in [0.3, 0.4) is 0 Å². The molecule has 0 saturated heterocycles. The topological polar surface area (TPSA) is 38.3 Å². The summed E-state index contributed by atoms with van der Waals surface area (Å²) in [5.74, 6) is -0.157. The summed E-state index contributed by atoms with van der Waals surface area (Å²) < 4.78 is 18.8. The highest BCUT2D eigenvalue weighted by Gasteiger charge is 2.43. The zero-order chi connectivity index (χ0) is 14.6. The lowest BCUT2D eigenvalue weighted by molar-refractivity contribution is -0.147. The van der Waals surface area contributed by atoms with Crippen LogP contribution in [-0.4, -0.2) is 18.6 Å². The monoisotopic (exact) mass is 279 g/mol. The molecule has 1 saturated carbocycles. The van der Waals surface area contributed by atoms with Gasteiger partial charge in [-0.15, -0.1) is 0 Å². The lowest BCUT2D eigenvalue weighted by Crippen LogP contribution is -2.50. The molecule has 1 aliphatic rings. The second kappa shape index (κ2) is 6.25. The Morgan fingerprint density at radius 1 is 1.50 bits per heavy atom. The van der Waals surface area contributed by atoms with Crippen molar-refractivity contribution in [3.8, 4) is 0 Å². The van der Waals surface area contributed by atoms with Crippen LogP contribution in [0.4, 0.5) is 10.1 Å². The van der Waals surface area contributed by atoms with Crippen molar-refractivity contribution in [2.45, 2.75) is 44.6 Å². The summed E-state index contributed by atoms with van der Waals surface area (Å²) in [6, 6.07) is 6.46. The molecule has 4 heteroatoms. The molecular weight excluding hydrogens is 257 g/mol. The lowest BCUT2D eigenvalue weighted by atomic mass is 9.74. The van der Waals surface area contributed by atoms with E-state index in [1.807, 2.05) is 0 Å². The number of hydrogen-bond donors (Lipinski definition) is 1. The summed E-state index contributed by atoms with van der Waals surface area (Å²) in [6.45, 7) is 2.13. The van der Waals surface area contributed by atoms with Crippen LogP contribution in [0.25, 0.3) is 0 Å². The minimum atomic E-state index is -0.796. The number of methoxy groups -OCH3 is 1. The first-order chi connectivity index (χ1) is 9.61. The number of hydrogen-bond acceptors (Lipinski definition) is 3. The molecule has 20 heavy (non-hydrogen) atoms. The van der Waals surface area contributed by atoms with Crippen molar-refractivity contribution in [2.24, 2.45) is 5.92 Å². The molecule has 0 aromatic heterocycles. The number of rotatable bonds is 4. The van der Waals surface area contributed by atoms with Gasteiger partial charge in [-0.3, -0.25) is 0 Å². The van der Waals surface area contributed by atoms with Crippen LogP contribution in [0.5, 0.6) is 0 Å². The van der Waals surface area contributed by atoms with Crippen molar-refractivity contribution in [2.75, 3.05) is 12.4 Å². The van der Waals surface area contributed by atoms with E-state index in [9.17, 15) is 9.18 Å². The zero-order valence-corrected chi connectivity index (χ0v) is 12.1. The van der Waals surface area contributed by atoms with E-state index in [0.29, 0.717) is 24.4 Å². The van der Waals surface area contributed by atoms with Crippen molar-refractivity contribution in [1.29, 1.82) is 0 Å². The standard InChI is InChI=1S/C16H22FNO2/c1-3-12-7-6-10-16(11-12,15(19)20-2)18-14-9-5-4-8-13(14)17/h4-5,8-9,12,18H,3,6-7,10-11H2,1-2H3. The van der Waals surface area contributed by atoms with Crippen LogP contribution >= 0.6 is 0 Å². The molecule has 0 amide bonds. The molecule has 1 fully saturated rings. The predicted octanol–water partition coefficient (Wildman–Crippen LogP) is 3.75. The molecule has 0 heterocycles. The van der Waals surface area contributed by atoms with E-state index in [-0.39, 0.29) is 11.8 Å². The molecule has 0 aliphatic heterocycles. The molecule has 1 aromatic carbocycles. The second-order valence-corrected chi connectivity index (χ2v) is 5.55. The van der Waals surface area contributed by atoms with Gasteiger partial charge in [0, 0.05) is 0 Å². The normalized spacial score (nSPS) is 26.1. The maximum Gasteiger partial charge on any atom is 0.331 e. The van der Waals surface area contributed by atoms with E-state index < -0.39 is 5.54 Å². The highest BCUT2D eigenvalue weighted by Crippen LogP contribution is 2.38. The lowest BCUT2D eigenvalue weighted by Gasteiger charge is -2.39. The van der Waals surface area contributed by atoms with Crippen molar-refractivity contribution < 1.29 is 13.9 Å². The zero-order valence-electron chi connectivity index (χ0n) is 12.1. The molecule has 0 spiro atoms. The molecule has 110 valence electrons. The van der Waals surface area contributed by atoms with Crippen LogP contribution in [0.2, 0.25) is 0 Å². The van der Waals surface area contributed by atoms with Crippen LogP contribution in [-0.2, 0) is 9.53 Å². The smallest absolute Gasteiger partial charge is 0.331 e. The number of anilines is 1. The molecule has 1 N–H and O–H groups in total. The summed E-state index contributed by atoms with van der Waals surface area (Å²) in [5.41, 5.74) is -0.426. The van der Waals surface area contributed by atoms with Crippen molar-refractivity contribution in [3.05, 3.63) is 30.1 Å². The Bertz CT molecular complexity index is 477. The molecule has 0 bridgehead atoms. The number of para-hydroxylation sites is 1. The first-order valence-electron chi connectivity index (χ1n) is 7.22. The van der Waals surface area contributed by atoms with Gasteiger partial charge in [-0.2, -0.15) is 0 Å². The largest absolute Gasteiger partial charge is 0.467 e. The maximum absolute atomic E-state index is 13.8. The number of benzene rings is 1. The highest BCUT2D eigenvalue weighted by molar-refractivity contribution is 5.84. The molecule has 2 atom stereocenters. The van der Waals surface area contributed by atoms with Gasteiger partial charge in [0.15, 0.2) is 0 Å². The Labute approximate surface area is 119 Å². The Morgan fingerprint density at radius 2 is 2.25 bits per heavy atom. The number of carbonyl (C=O) groups excluding carboxylic acids is 1. The number of ether oxygens (including phenoxy) is 1. The number of nitrogens with one attached hydrogen (secondary N) is 1. The molecular formula is C16H22FNO2. The van der Waals surface area contributed by atoms with Gasteiger partial charge in [-0.25, -0.2) is 9.18 Å². The summed E-state index contributed by atoms with van der Waals surface area (Å²) in [7, 11) is 1.39. The Balaban J connectivity index is 2.28. The SMILES string of the molecule is CCC1CCCC(Nc2ccccc2F)(C(=O)OC)C1. The molecule has 2 rings (SSSR count). The van der Waals surface area contributed by atoms with Crippen molar-refractivity contribution in [3.63, 3.8) is 0 Å². The molecule has 0 radical (unpaired) electrons. The number of esters is 1. The van der Waals surface area contributed by atoms with Gasteiger partial charge in [-0.05, 0) is 30.9 Å². The molecule has 3 nitrogen and oxygen atoms in total. The summed E-state index contributed by atoms with van der Waals surface area (Å²) in [6.07, 6.45) is 4.48. The van der Waals surface area contributed by atoms with E-state index in [1.54, 1.807) is 18.2 Å². The van der Waals surface area contributed by atoms with E-state index in [1.165, 1.54) is 13.2 Å². The molecule has 1 aliphatic carbocycles. The number of carbonyl (C=O) groups is 1. The Kier molecular flexibility index (Phi) is 4.63. The van der Waals surface area contributed by atoms with E-state index in [2.05, 4.69) is 12.2 Å². The van der Waals surface area contributed by atoms with Crippen LogP contribution < -0.4 is 5.32 Å². The van der Waals surface area contributed by atoms with Gasteiger partial charge in [0.05, 0.1) is 12.8 Å². The first-order valence-corrected chi connectivity index (χ1v) is 7.22. The van der Waals surface area contributed by atoms with Gasteiger partial charge in [0.1, 0.15) is 11.4 Å². The third kappa shape index (κ3) is 2.94. The summed E-state index contributed by atoms with van der Waals surface area (Å²) >= 11 is 0. The van der Waals surface area contributed by atoms with Gasteiger partial charge < -0.3 is 10.1 Å². The maximum atomic E-state index is 13.8. The number of halogens is 1. The third-order valence-electron chi connectivity index (χ3n) is 4.25. The molecule has 2 unspecified atom stereocenters. The highest BCUT2D eigenvalue weighted by atomic mass is 19.1. The van der Waals surface area contributed by atoms with Crippen LogP contribution in [0, 0.1) is 11.7 Å². The quantitative estimate of drug-likeness (QED) is 0.853. The van der Waals surface area contributed by atoms with Gasteiger partial charge in [0.25, 0.3) is 0 Å². The Hall–Kier alpha value is -1.58. The minimum absolute atomic E-state index is 0.293.